The van der Waals surface area contributed by atoms with Crippen molar-refractivity contribution in [3.8, 4) is 11.4 Å². The summed E-state index contributed by atoms with van der Waals surface area (Å²) in [6.45, 7) is 11.3. The topological polar surface area (TPSA) is 53.6 Å². The Morgan fingerprint density at radius 1 is 0.865 bits per heavy atom. The van der Waals surface area contributed by atoms with Crippen LogP contribution in [-0.4, -0.2) is 15.0 Å². The van der Waals surface area contributed by atoms with Crippen LogP contribution >= 0.6 is 0 Å². The molecule has 7 heteroatoms. The second-order valence-corrected chi connectivity index (χ2v) is 8.55. The standard InChI is InChI=1S/C21H17FN4.C9H8F2/c1-13-3-5-16(6-4-13)21-25-18-11-20(23-12-19(18)26-21)24-14(2)15-7-9-17(22)10-8-15;1-6(2)8-4-3-7(10)5-9(8)11/h3-12H,2H2,1H3,(H,23,24)(H,25,26);3-5H,1H2,2H3. The Balaban J connectivity index is 0.000000245. The Morgan fingerprint density at radius 3 is 2.19 bits per heavy atom. The quantitative estimate of drug-likeness (QED) is 0.257. The maximum Gasteiger partial charge on any atom is 0.138 e. The molecule has 0 bridgehead atoms. The SMILES string of the molecule is C=C(C)c1ccc(F)cc1F.C=C(Nc1cc2nc(-c3ccc(C)cc3)[nH]c2cn1)c1ccc(F)cc1. The molecule has 0 atom stereocenters. The summed E-state index contributed by atoms with van der Waals surface area (Å²) >= 11 is 0. The van der Waals surface area contributed by atoms with Crippen LogP contribution in [0.25, 0.3) is 33.7 Å². The molecule has 2 heterocycles. The highest BCUT2D eigenvalue weighted by molar-refractivity contribution is 5.83. The van der Waals surface area contributed by atoms with Crippen LogP contribution in [0.5, 0.6) is 0 Å². The molecule has 0 spiro atoms. The lowest BCUT2D eigenvalue weighted by molar-refractivity contribution is 0.581. The van der Waals surface area contributed by atoms with Gasteiger partial charge in [-0.3, -0.25) is 0 Å². The minimum absolute atomic E-state index is 0.277. The van der Waals surface area contributed by atoms with E-state index in [1.54, 1.807) is 25.3 Å². The van der Waals surface area contributed by atoms with Crippen molar-refractivity contribution in [3.63, 3.8) is 0 Å². The molecule has 0 saturated heterocycles. The van der Waals surface area contributed by atoms with Gasteiger partial charge >= 0.3 is 0 Å². The number of aromatic nitrogens is 3. The van der Waals surface area contributed by atoms with E-state index in [4.69, 9.17) is 0 Å². The number of aryl methyl sites for hydroxylation is 1. The molecule has 0 aliphatic rings. The van der Waals surface area contributed by atoms with Gasteiger partial charge in [-0.05, 0) is 49.2 Å². The highest BCUT2D eigenvalue weighted by atomic mass is 19.1. The molecule has 0 aliphatic carbocycles. The van der Waals surface area contributed by atoms with Crippen LogP contribution in [0.4, 0.5) is 19.0 Å². The average molecular weight is 499 g/mol. The normalized spacial score (nSPS) is 10.5. The van der Waals surface area contributed by atoms with Crippen LogP contribution < -0.4 is 5.32 Å². The van der Waals surface area contributed by atoms with Gasteiger partial charge in [0.1, 0.15) is 29.1 Å². The molecule has 2 N–H and O–H groups in total. The Labute approximate surface area is 213 Å². The number of fused-ring (bicyclic) bond motifs is 1. The molecule has 3 aromatic carbocycles. The van der Waals surface area contributed by atoms with Crippen molar-refractivity contribution in [2.75, 3.05) is 5.32 Å². The highest BCUT2D eigenvalue weighted by Crippen LogP contribution is 2.23. The average Bonchev–Trinajstić information content (AvgIpc) is 3.28. The molecule has 5 aromatic rings. The zero-order valence-corrected chi connectivity index (χ0v) is 20.4. The molecule has 37 heavy (non-hydrogen) atoms. The van der Waals surface area contributed by atoms with Crippen molar-refractivity contribution >= 4 is 28.1 Å². The number of nitrogens with one attached hydrogen (secondary N) is 2. The third-order valence-corrected chi connectivity index (χ3v) is 5.56. The van der Waals surface area contributed by atoms with E-state index in [9.17, 15) is 13.2 Å². The van der Waals surface area contributed by atoms with Gasteiger partial charge in [-0.15, -0.1) is 0 Å². The summed E-state index contributed by atoms with van der Waals surface area (Å²) in [5.41, 5.74) is 6.31. The van der Waals surface area contributed by atoms with E-state index in [0.29, 0.717) is 22.7 Å². The Hall–Kier alpha value is -4.65. The second kappa shape index (κ2) is 11.0. The summed E-state index contributed by atoms with van der Waals surface area (Å²) < 4.78 is 38.2. The molecule has 0 fully saturated rings. The first-order chi connectivity index (χ1) is 17.7. The molecule has 0 radical (unpaired) electrons. The fraction of sp³-hybridized carbons (Fsp3) is 0.0667. The third-order valence-electron chi connectivity index (χ3n) is 5.56. The van der Waals surface area contributed by atoms with Crippen molar-refractivity contribution in [1.82, 2.24) is 15.0 Å². The number of hydrogen-bond acceptors (Lipinski definition) is 3. The van der Waals surface area contributed by atoms with Crippen molar-refractivity contribution in [1.29, 1.82) is 0 Å². The highest BCUT2D eigenvalue weighted by Gasteiger charge is 2.08. The number of nitrogens with zero attached hydrogens (tertiary/aromatic N) is 2. The molecule has 4 nitrogen and oxygen atoms in total. The molecular weight excluding hydrogens is 473 g/mol. The number of hydrogen-bond donors (Lipinski definition) is 2. The largest absolute Gasteiger partial charge is 0.340 e. The van der Waals surface area contributed by atoms with E-state index in [1.807, 2.05) is 18.2 Å². The molecular formula is C30H25F3N4. The first-order valence-electron chi connectivity index (χ1n) is 11.4. The number of aromatic amines is 1. The number of pyridine rings is 1. The first-order valence-corrected chi connectivity index (χ1v) is 11.4. The van der Waals surface area contributed by atoms with Crippen LogP contribution in [0.15, 0.2) is 92.2 Å². The summed E-state index contributed by atoms with van der Waals surface area (Å²) in [5, 5.41) is 3.14. The molecule has 0 unspecified atom stereocenters. The smallest absolute Gasteiger partial charge is 0.138 e. The Morgan fingerprint density at radius 2 is 1.54 bits per heavy atom. The second-order valence-electron chi connectivity index (χ2n) is 8.55. The van der Waals surface area contributed by atoms with E-state index >= 15 is 0 Å². The maximum absolute atomic E-state index is 13.0. The minimum Gasteiger partial charge on any atom is -0.340 e. The van der Waals surface area contributed by atoms with Gasteiger partial charge in [-0.25, -0.2) is 23.1 Å². The number of halogens is 3. The van der Waals surface area contributed by atoms with Crippen LogP contribution in [0.2, 0.25) is 0 Å². The number of anilines is 1. The van der Waals surface area contributed by atoms with Gasteiger partial charge in [0.2, 0.25) is 0 Å². The van der Waals surface area contributed by atoms with Crippen molar-refractivity contribution in [3.05, 3.63) is 126 Å². The van der Waals surface area contributed by atoms with Gasteiger partial charge in [0.05, 0.1) is 17.2 Å². The van der Waals surface area contributed by atoms with Gasteiger partial charge in [-0.1, -0.05) is 55.1 Å². The van der Waals surface area contributed by atoms with Gasteiger partial charge < -0.3 is 10.3 Å². The third kappa shape index (κ3) is 6.32. The van der Waals surface area contributed by atoms with Crippen LogP contribution in [-0.2, 0) is 0 Å². The van der Waals surface area contributed by atoms with Gasteiger partial charge in [0, 0.05) is 29.0 Å². The number of imidazole rings is 1. The molecule has 0 amide bonds. The van der Waals surface area contributed by atoms with Crippen molar-refractivity contribution in [2.24, 2.45) is 0 Å². The summed E-state index contributed by atoms with van der Waals surface area (Å²) in [4.78, 5) is 12.3. The zero-order valence-electron chi connectivity index (χ0n) is 20.4. The van der Waals surface area contributed by atoms with Gasteiger partial charge in [0.15, 0.2) is 0 Å². The Kier molecular flexibility index (Phi) is 7.53. The zero-order chi connectivity index (χ0) is 26.5. The van der Waals surface area contributed by atoms with Gasteiger partial charge in [-0.2, -0.15) is 0 Å². The van der Waals surface area contributed by atoms with Crippen LogP contribution in [0, 0.1) is 24.4 Å². The fourth-order valence-corrected chi connectivity index (χ4v) is 3.54. The van der Waals surface area contributed by atoms with E-state index in [2.05, 4.69) is 52.5 Å². The maximum atomic E-state index is 13.0. The molecule has 5 rings (SSSR count). The molecule has 0 aliphatic heterocycles. The lowest BCUT2D eigenvalue weighted by Gasteiger charge is -2.08. The Bertz CT molecular complexity index is 1570. The fourth-order valence-electron chi connectivity index (χ4n) is 3.54. The lowest BCUT2D eigenvalue weighted by Crippen LogP contribution is -1.99. The summed E-state index contributed by atoms with van der Waals surface area (Å²) in [6, 6.07) is 19.6. The minimum atomic E-state index is -0.562. The van der Waals surface area contributed by atoms with E-state index in [0.717, 1.165) is 34.1 Å². The summed E-state index contributed by atoms with van der Waals surface area (Å²) in [7, 11) is 0. The van der Waals surface area contributed by atoms with E-state index in [1.165, 1.54) is 29.8 Å². The first kappa shape index (κ1) is 25.4. The predicted octanol–water partition coefficient (Wildman–Crippen LogP) is 8.15. The van der Waals surface area contributed by atoms with Crippen LogP contribution in [0.1, 0.15) is 23.6 Å². The summed E-state index contributed by atoms with van der Waals surface area (Å²) in [5.74, 6) is 0.0383. The van der Waals surface area contributed by atoms with E-state index < -0.39 is 11.6 Å². The summed E-state index contributed by atoms with van der Waals surface area (Å²) in [6.07, 6.45) is 1.74. The van der Waals surface area contributed by atoms with Crippen LogP contribution in [0.3, 0.4) is 0 Å². The number of allylic oxidation sites excluding steroid dienone is 1. The van der Waals surface area contributed by atoms with E-state index in [-0.39, 0.29) is 5.82 Å². The molecule has 0 saturated carbocycles. The predicted molar refractivity (Wildman–Crippen MR) is 144 cm³/mol. The number of rotatable bonds is 5. The number of benzene rings is 3. The lowest BCUT2D eigenvalue weighted by atomic mass is 10.1. The number of H-pyrrole nitrogens is 1. The van der Waals surface area contributed by atoms with Crippen molar-refractivity contribution < 1.29 is 13.2 Å². The molecule has 2 aromatic heterocycles. The monoisotopic (exact) mass is 498 g/mol. The molecule has 186 valence electrons. The van der Waals surface area contributed by atoms with Gasteiger partial charge in [0.25, 0.3) is 0 Å². The van der Waals surface area contributed by atoms with Crippen molar-refractivity contribution in [2.45, 2.75) is 13.8 Å².